The number of ether oxygens (including phenoxy) is 2. The van der Waals surface area contributed by atoms with Crippen LogP contribution < -0.4 is 5.32 Å². The van der Waals surface area contributed by atoms with Crippen LogP contribution in [0.2, 0.25) is 0 Å². The summed E-state index contributed by atoms with van der Waals surface area (Å²) in [6, 6.07) is 0. The topological polar surface area (TPSA) is 47.6 Å². The molecule has 4 heteroatoms. The molecule has 4 nitrogen and oxygen atoms in total. The molecule has 1 N–H and O–H groups in total. The lowest BCUT2D eigenvalue weighted by molar-refractivity contribution is -0.135. The average Bonchev–Trinajstić information content (AvgIpc) is 2.18. The summed E-state index contributed by atoms with van der Waals surface area (Å²) in [5, 5.41) is 2.82. The molecule has 0 saturated heterocycles. The zero-order chi connectivity index (χ0) is 11.5. The van der Waals surface area contributed by atoms with Gasteiger partial charge in [0.2, 0.25) is 11.7 Å². The van der Waals surface area contributed by atoms with E-state index in [0.717, 1.165) is 0 Å². The lowest BCUT2D eigenvalue weighted by atomic mass is 9.93. The summed E-state index contributed by atoms with van der Waals surface area (Å²) in [6.07, 6.45) is 7.26. The second-order valence-corrected chi connectivity index (χ2v) is 3.76. The number of rotatable bonds is 3. The molecule has 0 spiro atoms. The van der Waals surface area contributed by atoms with E-state index in [9.17, 15) is 4.79 Å². The van der Waals surface area contributed by atoms with Crippen molar-refractivity contribution in [3.05, 3.63) is 24.3 Å². The average molecular weight is 211 g/mol. The van der Waals surface area contributed by atoms with Crippen LogP contribution in [0.15, 0.2) is 24.3 Å². The maximum atomic E-state index is 11.0. The third-order valence-electron chi connectivity index (χ3n) is 2.41. The van der Waals surface area contributed by atoms with E-state index < -0.39 is 11.3 Å². The summed E-state index contributed by atoms with van der Waals surface area (Å²) in [5.41, 5.74) is -0.466. The minimum absolute atomic E-state index is 0.0749. The minimum Gasteiger partial charge on any atom is -0.346 e. The number of hydrogen-bond donors (Lipinski definition) is 1. The molecule has 1 rings (SSSR count). The van der Waals surface area contributed by atoms with Crippen molar-refractivity contribution in [2.24, 2.45) is 0 Å². The van der Waals surface area contributed by atoms with Gasteiger partial charge in [-0.15, -0.1) is 0 Å². The highest BCUT2D eigenvalue weighted by Gasteiger charge is 2.31. The summed E-state index contributed by atoms with van der Waals surface area (Å²) in [4.78, 5) is 11.0. The summed E-state index contributed by atoms with van der Waals surface area (Å²) >= 11 is 0. The molecule has 0 atom stereocenters. The van der Waals surface area contributed by atoms with Crippen molar-refractivity contribution >= 4 is 5.91 Å². The van der Waals surface area contributed by atoms with Crippen molar-refractivity contribution in [2.75, 3.05) is 14.2 Å². The van der Waals surface area contributed by atoms with E-state index in [1.165, 1.54) is 6.92 Å². The number of methoxy groups -OCH3 is 2. The predicted molar refractivity (Wildman–Crippen MR) is 57.3 cm³/mol. The van der Waals surface area contributed by atoms with Crippen molar-refractivity contribution in [3.8, 4) is 0 Å². The minimum atomic E-state index is -0.808. The Hall–Kier alpha value is -1.13. The predicted octanol–water partition coefficient (Wildman–Crippen LogP) is 0.996. The van der Waals surface area contributed by atoms with Gasteiger partial charge in [0.1, 0.15) is 0 Å². The monoisotopic (exact) mass is 211 g/mol. The van der Waals surface area contributed by atoms with E-state index in [-0.39, 0.29) is 5.91 Å². The van der Waals surface area contributed by atoms with Crippen molar-refractivity contribution in [2.45, 2.75) is 25.2 Å². The fourth-order valence-corrected chi connectivity index (χ4v) is 1.51. The maximum Gasteiger partial charge on any atom is 0.217 e. The molecule has 0 aromatic carbocycles. The molecule has 0 radical (unpaired) electrons. The van der Waals surface area contributed by atoms with Gasteiger partial charge >= 0.3 is 0 Å². The standard InChI is InChI=1S/C11H17NO3/c1-9(13)12-10(2)5-7-11(14-3,15-4)8-6-10/h5-8H,1-4H3,(H,12,13). The first kappa shape index (κ1) is 11.9. The van der Waals surface area contributed by atoms with Crippen molar-refractivity contribution in [1.82, 2.24) is 5.32 Å². The Kier molecular flexibility index (Phi) is 3.31. The lowest BCUT2D eigenvalue weighted by Crippen LogP contribution is -2.45. The third kappa shape index (κ3) is 2.67. The first-order valence-electron chi connectivity index (χ1n) is 4.75. The molecular weight excluding hydrogens is 194 g/mol. The second-order valence-electron chi connectivity index (χ2n) is 3.76. The molecule has 0 saturated carbocycles. The van der Waals surface area contributed by atoms with Gasteiger partial charge in [-0.3, -0.25) is 4.79 Å². The van der Waals surface area contributed by atoms with Crippen LogP contribution in [0.25, 0.3) is 0 Å². The van der Waals surface area contributed by atoms with E-state index in [1.807, 2.05) is 19.1 Å². The van der Waals surface area contributed by atoms with Crippen LogP contribution in [0.3, 0.4) is 0 Å². The van der Waals surface area contributed by atoms with Crippen LogP contribution >= 0.6 is 0 Å². The molecule has 0 aromatic rings. The normalized spacial score (nSPS) is 21.3. The van der Waals surface area contributed by atoms with Crippen LogP contribution in [-0.2, 0) is 14.3 Å². The molecule has 84 valence electrons. The number of nitrogens with one attached hydrogen (secondary N) is 1. The fraction of sp³-hybridized carbons (Fsp3) is 0.545. The Morgan fingerprint density at radius 2 is 1.60 bits per heavy atom. The summed E-state index contributed by atoms with van der Waals surface area (Å²) in [6.45, 7) is 3.39. The molecule has 1 aliphatic carbocycles. The van der Waals surface area contributed by atoms with Gasteiger partial charge in [0.05, 0.1) is 5.54 Å². The SMILES string of the molecule is COC1(OC)C=CC(C)(NC(C)=O)C=C1. The van der Waals surface area contributed by atoms with Gasteiger partial charge in [0, 0.05) is 21.1 Å². The molecular formula is C11H17NO3. The van der Waals surface area contributed by atoms with Gasteiger partial charge in [0.25, 0.3) is 0 Å². The highest BCUT2D eigenvalue weighted by atomic mass is 16.7. The number of hydrogen-bond acceptors (Lipinski definition) is 3. The van der Waals surface area contributed by atoms with E-state index in [2.05, 4.69) is 5.32 Å². The Labute approximate surface area is 89.9 Å². The number of carbonyl (C=O) groups is 1. The van der Waals surface area contributed by atoms with E-state index in [1.54, 1.807) is 26.4 Å². The van der Waals surface area contributed by atoms with Gasteiger partial charge in [-0.25, -0.2) is 0 Å². The van der Waals surface area contributed by atoms with Gasteiger partial charge in [-0.05, 0) is 19.1 Å². The largest absolute Gasteiger partial charge is 0.346 e. The van der Waals surface area contributed by atoms with Crippen molar-refractivity contribution in [3.63, 3.8) is 0 Å². The molecule has 0 unspecified atom stereocenters. The molecule has 0 bridgehead atoms. The zero-order valence-corrected chi connectivity index (χ0v) is 9.53. The Morgan fingerprint density at radius 3 is 1.93 bits per heavy atom. The Bertz CT molecular complexity index is 287. The van der Waals surface area contributed by atoms with E-state index in [0.29, 0.717) is 0 Å². The smallest absolute Gasteiger partial charge is 0.217 e. The molecule has 1 amide bonds. The molecule has 0 fully saturated rings. The van der Waals surface area contributed by atoms with Gasteiger partial charge in [0.15, 0.2) is 0 Å². The molecule has 0 aromatic heterocycles. The first-order valence-corrected chi connectivity index (χ1v) is 4.75. The van der Waals surface area contributed by atoms with Crippen LogP contribution in [-0.4, -0.2) is 31.5 Å². The molecule has 1 aliphatic rings. The Balaban J connectivity index is 2.82. The zero-order valence-electron chi connectivity index (χ0n) is 9.53. The third-order valence-corrected chi connectivity index (χ3v) is 2.41. The van der Waals surface area contributed by atoms with Gasteiger partial charge < -0.3 is 14.8 Å². The van der Waals surface area contributed by atoms with Crippen LogP contribution in [0.1, 0.15) is 13.8 Å². The molecule has 15 heavy (non-hydrogen) atoms. The number of amides is 1. The highest BCUT2D eigenvalue weighted by Crippen LogP contribution is 2.24. The first-order chi connectivity index (χ1) is 6.95. The van der Waals surface area contributed by atoms with Crippen LogP contribution in [0.4, 0.5) is 0 Å². The lowest BCUT2D eigenvalue weighted by Gasteiger charge is -2.33. The van der Waals surface area contributed by atoms with Crippen molar-refractivity contribution < 1.29 is 14.3 Å². The highest BCUT2D eigenvalue weighted by molar-refractivity contribution is 5.74. The fourth-order valence-electron chi connectivity index (χ4n) is 1.51. The van der Waals surface area contributed by atoms with Gasteiger partial charge in [-0.2, -0.15) is 0 Å². The summed E-state index contributed by atoms with van der Waals surface area (Å²) in [7, 11) is 3.14. The second kappa shape index (κ2) is 4.16. The molecule has 0 heterocycles. The van der Waals surface area contributed by atoms with E-state index in [4.69, 9.17) is 9.47 Å². The van der Waals surface area contributed by atoms with Crippen molar-refractivity contribution in [1.29, 1.82) is 0 Å². The molecule has 0 aliphatic heterocycles. The summed E-state index contributed by atoms with van der Waals surface area (Å²) < 4.78 is 10.4. The summed E-state index contributed by atoms with van der Waals surface area (Å²) in [5.74, 6) is -0.882. The van der Waals surface area contributed by atoms with Crippen LogP contribution in [0.5, 0.6) is 0 Å². The van der Waals surface area contributed by atoms with Gasteiger partial charge in [-0.1, -0.05) is 12.2 Å². The Morgan fingerprint density at radius 1 is 1.13 bits per heavy atom. The number of carbonyl (C=O) groups excluding carboxylic acids is 1. The maximum absolute atomic E-state index is 11.0. The quantitative estimate of drug-likeness (QED) is 0.559. The van der Waals surface area contributed by atoms with E-state index >= 15 is 0 Å². The van der Waals surface area contributed by atoms with Crippen LogP contribution in [0, 0.1) is 0 Å².